The Morgan fingerprint density at radius 1 is 1.67 bits per heavy atom. The molecule has 18 heavy (non-hydrogen) atoms. The van der Waals surface area contributed by atoms with E-state index in [2.05, 4.69) is 17.5 Å². The van der Waals surface area contributed by atoms with Crippen LogP contribution in [0.5, 0.6) is 0 Å². The van der Waals surface area contributed by atoms with Crippen molar-refractivity contribution in [2.75, 3.05) is 5.32 Å². The Morgan fingerprint density at radius 2 is 2.33 bits per heavy atom. The number of nitro benzene ring substituents is 1. The summed E-state index contributed by atoms with van der Waals surface area (Å²) >= 11 is 4.68. The van der Waals surface area contributed by atoms with E-state index in [0.29, 0.717) is 11.3 Å². The molecule has 1 aromatic rings. The van der Waals surface area contributed by atoms with Crippen molar-refractivity contribution in [2.24, 2.45) is 5.73 Å². The zero-order valence-electron chi connectivity index (χ0n) is 9.51. The standard InChI is InChI=1S/C11H10N4O2S/c1-7-4-9(15(16)17)2-3-10(7)14-6-8(5-12)11(13)18/h2-4,6,14H,1H3,(H2,13,18)/b8-6-. The molecule has 0 aromatic heterocycles. The van der Waals surface area contributed by atoms with E-state index in [-0.39, 0.29) is 16.2 Å². The molecule has 1 rings (SSSR count). The van der Waals surface area contributed by atoms with E-state index in [1.807, 2.05) is 6.07 Å². The molecule has 0 radical (unpaired) electrons. The third kappa shape index (κ3) is 3.26. The zero-order chi connectivity index (χ0) is 13.7. The molecule has 1 aromatic carbocycles. The van der Waals surface area contributed by atoms with Crippen molar-refractivity contribution in [3.63, 3.8) is 0 Å². The second-order valence-electron chi connectivity index (χ2n) is 3.43. The predicted molar refractivity (Wildman–Crippen MR) is 71.9 cm³/mol. The highest BCUT2D eigenvalue weighted by Gasteiger charge is 2.07. The quantitative estimate of drug-likeness (QED) is 0.283. The van der Waals surface area contributed by atoms with E-state index in [1.54, 1.807) is 13.0 Å². The maximum Gasteiger partial charge on any atom is 0.269 e. The molecule has 0 spiro atoms. The summed E-state index contributed by atoms with van der Waals surface area (Å²) < 4.78 is 0. The van der Waals surface area contributed by atoms with E-state index in [4.69, 9.17) is 11.0 Å². The van der Waals surface area contributed by atoms with Crippen molar-refractivity contribution >= 4 is 28.6 Å². The molecule has 0 saturated carbocycles. The lowest BCUT2D eigenvalue weighted by Gasteiger charge is -2.05. The summed E-state index contributed by atoms with van der Waals surface area (Å²) in [5.41, 5.74) is 6.80. The fourth-order valence-corrected chi connectivity index (χ4v) is 1.34. The van der Waals surface area contributed by atoms with Gasteiger partial charge in [0.25, 0.3) is 5.69 Å². The van der Waals surface area contributed by atoms with Gasteiger partial charge in [-0.15, -0.1) is 0 Å². The lowest BCUT2D eigenvalue weighted by Crippen LogP contribution is -2.11. The van der Waals surface area contributed by atoms with Crippen molar-refractivity contribution in [1.29, 1.82) is 5.26 Å². The molecule has 0 amide bonds. The molecule has 0 bridgehead atoms. The third-order valence-corrected chi connectivity index (χ3v) is 2.40. The number of benzene rings is 1. The van der Waals surface area contributed by atoms with Gasteiger partial charge in [-0.05, 0) is 18.6 Å². The molecular weight excluding hydrogens is 252 g/mol. The smallest absolute Gasteiger partial charge is 0.269 e. The van der Waals surface area contributed by atoms with Crippen LogP contribution in [0.3, 0.4) is 0 Å². The van der Waals surface area contributed by atoms with Crippen LogP contribution in [0, 0.1) is 28.4 Å². The average Bonchev–Trinajstić information content (AvgIpc) is 2.30. The molecule has 6 nitrogen and oxygen atoms in total. The number of hydrogen-bond donors (Lipinski definition) is 2. The second-order valence-corrected chi connectivity index (χ2v) is 3.87. The minimum Gasteiger partial charge on any atom is -0.389 e. The van der Waals surface area contributed by atoms with Crippen LogP contribution < -0.4 is 11.1 Å². The molecular formula is C11H10N4O2S. The Morgan fingerprint density at radius 3 is 2.78 bits per heavy atom. The molecule has 0 aliphatic heterocycles. The van der Waals surface area contributed by atoms with Crippen molar-refractivity contribution in [1.82, 2.24) is 0 Å². The van der Waals surface area contributed by atoms with Crippen LogP contribution in [0.25, 0.3) is 0 Å². The van der Waals surface area contributed by atoms with E-state index >= 15 is 0 Å². The molecule has 92 valence electrons. The lowest BCUT2D eigenvalue weighted by molar-refractivity contribution is -0.384. The number of aryl methyl sites for hydroxylation is 1. The Balaban J connectivity index is 2.97. The normalized spacial score (nSPS) is 10.6. The molecule has 7 heteroatoms. The molecule has 0 unspecified atom stereocenters. The fourth-order valence-electron chi connectivity index (χ4n) is 1.23. The SMILES string of the molecule is Cc1cc([N+](=O)[O-])ccc1N/C=C(/C#N)C(N)=S. The number of nitrogens with two attached hydrogens (primary N) is 1. The average molecular weight is 262 g/mol. The number of thiocarbonyl (C=S) groups is 1. The predicted octanol–water partition coefficient (Wildman–Crippen LogP) is 2.01. The summed E-state index contributed by atoms with van der Waals surface area (Å²) in [6, 6.07) is 6.20. The van der Waals surface area contributed by atoms with E-state index in [1.165, 1.54) is 18.3 Å². The third-order valence-electron chi connectivity index (χ3n) is 2.18. The molecule has 0 aliphatic rings. The Labute approximate surface area is 109 Å². The van der Waals surface area contributed by atoms with Crippen LogP contribution in [-0.4, -0.2) is 9.91 Å². The van der Waals surface area contributed by atoms with Gasteiger partial charge in [0.1, 0.15) is 16.6 Å². The second kappa shape index (κ2) is 5.75. The van der Waals surface area contributed by atoms with E-state index in [0.717, 1.165) is 0 Å². The highest BCUT2D eigenvalue weighted by Crippen LogP contribution is 2.21. The zero-order valence-corrected chi connectivity index (χ0v) is 10.3. The molecule has 0 aliphatic carbocycles. The van der Waals surface area contributed by atoms with Crippen LogP contribution in [-0.2, 0) is 0 Å². The van der Waals surface area contributed by atoms with Gasteiger partial charge in [-0.2, -0.15) is 5.26 Å². The van der Waals surface area contributed by atoms with Crippen molar-refractivity contribution in [3.8, 4) is 6.07 Å². The monoisotopic (exact) mass is 262 g/mol. The maximum atomic E-state index is 10.6. The van der Waals surface area contributed by atoms with Crippen molar-refractivity contribution in [3.05, 3.63) is 45.6 Å². The van der Waals surface area contributed by atoms with Gasteiger partial charge in [-0.1, -0.05) is 12.2 Å². The van der Waals surface area contributed by atoms with Gasteiger partial charge < -0.3 is 11.1 Å². The van der Waals surface area contributed by atoms with Gasteiger partial charge >= 0.3 is 0 Å². The summed E-state index contributed by atoms with van der Waals surface area (Å²) in [6.45, 7) is 1.72. The first kappa shape index (κ1) is 13.6. The van der Waals surface area contributed by atoms with E-state index < -0.39 is 4.92 Å². The summed E-state index contributed by atoms with van der Waals surface area (Å²) in [6.07, 6.45) is 1.37. The molecule has 0 saturated heterocycles. The van der Waals surface area contributed by atoms with Crippen LogP contribution in [0.2, 0.25) is 0 Å². The van der Waals surface area contributed by atoms with Gasteiger partial charge in [0.15, 0.2) is 0 Å². The van der Waals surface area contributed by atoms with Gasteiger partial charge in [-0.3, -0.25) is 10.1 Å². The maximum absolute atomic E-state index is 10.6. The molecule has 0 atom stereocenters. The minimum atomic E-state index is -0.470. The molecule has 0 fully saturated rings. The molecule has 3 N–H and O–H groups in total. The van der Waals surface area contributed by atoms with Crippen molar-refractivity contribution in [2.45, 2.75) is 6.92 Å². The first-order chi connectivity index (χ1) is 8.45. The number of anilines is 1. The number of nitrogens with one attached hydrogen (secondary N) is 1. The summed E-state index contributed by atoms with van der Waals surface area (Å²) in [4.78, 5) is 10.1. The van der Waals surface area contributed by atoms with Crippen LogP contribution in [0.4, 0.5) is 11.4 Å². The van der Waals surface area contributed by atoms with Gasteiger partial charge in [0.2, 0.25) is 0 Å². The minimum absolute atomic E-state index is 0.00966. The summed E-state index contributed by atoms with van der Waals surface area (Å²) in [5, 5.41) is 22.1. The highest BCUT2D eigenvalue weighted by atomic mass is 32.1. The first-order valence-electron chi connectivity index (χ1n) is 4.87. The number of nitriles is 1. The van der Waals surface area contributed by atoms with Gasteiger partial charge in [0, 0.05) is 24.0 Å². The summed E-state index contributed by atoms with van der Waals surface area (Å²) in [5.74, 6) is 0. The largest absolute Gasteiger partial charge is 0.389 e. The number of rotatable bonds is 4. The van der Waals surface area contributed by atoms with Crippen molar-refractivity contribution < 1.29 is 4.92 Å². The van der Waals surface area contributed by atoms with Crippen LogP contribution >= 0.6 is 12.2 Å². The summed E-state index contributed by atoms with van der Waals surface area (Å²) in [7, 11) is 0. The Hall–Kier alpha value is -2.46. The number of non-ortho nitro benzene ring substituents is 1. The van der Waals surface area contributed by atoms with Crippen LogP contribution in [0.15, 0.2) is 30.0 Å². The topological polar surface area (TPSA) is 105 Å². The van der Waals surface area contributed by atoms with Gasteiger partial charge in [-0.25, -0.2) is 0 Å². The Kier molecular flexibility index (Phi) is 4.34. The Bertz CT molecular complexity index is 575. The van der Waals surface area contributed by atoms with E-state index in [9.17, 15) is 10.1 Å². The number of nitrogens with zero attached hydrogens (tertiary/aromatic N) is 2. The van der Waals surface area contributed by atoms with Crippen LogP contribution in [0.1, 0.15) is 5.56 Å². The molecule has 0 heterocycles. The fraction of sp³-hybridized carbons (Fsp3) is 0.0909. The highest BCUT2D eigenvalue weighted by molar-refractivity contribution is 7.80. The lowest BCUT2D eigenvalue weighted by atomic mass is 10.2. The van der Waals surface area contributed by atoms with Gasteiger partial charge in [0.05, 0.1) is 4.92 Å². The number of hydrogen-bond acceptors (Lipinski definition) is 5. The number of nitro groups is 1. The first-order valence-corrected chi connectivity index (χ1v) is 5.28.